The Kier molecular flexibility index (Phi) is 7.28. The van der Waals surface area contributed by atoms with E-state index in [1.807, 2.05) is 0 Å². The topological polar surface area (TPSA) is 60.4 Å². The summed E-state index contributed by atoms with van der Waals surface area (Å²) in [6, 6.07) is 8.50. The van der Waals surface area contributed by atoms with Gasteiger partial charge in [0.15, 0.2) is 11.5 Å². The van der Waals surface area contributed by atoms with Crippen LogP contribution in [0.15, 0.2) is 29.6 Å². The highest BCUT2D eigenvalue weighted by Gasteiger charge is 2.32. The van der Waals surface area contributed by atoms with E-state index in [-0.39, 0.29) is 12.1 Å². The molecular weight excluding hydrogens is 402 g/mol. The third kappa shape index (κ3) is 4.81. The average Bonchev–Trinajstić information content (AvgIpc) is 3.47. The molecule has 3 unspecified atom stereocenters. The third-order valence-corrected chi connectivity index (χ3v) is 6.79. The molecule has 3 heterocycles. The minimum atomic E-state index is -0.546. The normalized spacial score (nSPS) is 22.6. The number of methoxy groups -OCH3 is 2. The molecule has 1 N–H and O–H groups in total. The molecular formula is C23H31NO5S. The number of thiophene rings is 1. The standard InChI is InChI=1S/C23H31NO5S/c1-26-20-11-16-7-8-24(13-17(25)14-28-15-18-5-3-9-29-18)23(22-6-4-10-30-22)19(16)12-21(20)27-2/h4,6,10-12,17-18,23,25H,3,5,7-9,13-15H2,1-2H3. The van der Waals surface area contributed by atoms with Gasteiger partial charge in [0.2, 0.25) is 0 Å². The summed E-state index contributed by atoms with van der Waals surface area (Å²) < 4.78 is 22.4. The maximum atomic E-state index is 10.7. The lowest BCUT2D eigenvalue weighted by Gasteiger charge is -2.38. The highest BCUT2D eigenvalue weighted by Crippen LogP contribution is 2.42. The van der Waals surface area contributed by atoms with Crippen molar-refractivity contribution >= 4 is 11.3 Å². The van der Waals surface area contributed by atoms with Crippen molar-refractivity contribution in [2.24, 2.45) is 0 Å². The maximum absolute atomic E-state index is 10.7. The molecule has 0 aliphatic carbocycles. The lowest BCUT2D eigenvalue weighted by molar-refractivity contribution is -0.0278. The van der Waals surface area contributed by atoms with Crippen LogP contribution in [0.25, 0.3) is 0 Å². The van der Waals surface area contributed by atoms with Gasteiger partial charge in [-0.25, -0.2) is 0 Å². The Balaban J connectivity index is 1.49. The molecule has 0 spiro atoms. The van der Waals surface area contributed by atoms with Crippen molar-refractivity contribution in [2.75, 3.05) is 47.1 Å². The molecule has 7 heteroatoms. The van der Waals surface area contributed by atoms with Gasteiger partial charge in [-0.1, -0.05) is 6.07 Å². The van der Waals surface area contributed by atoms with Crippen molar-refractivity contribution in [3.8, 4) is 11.5 Å². The fourth-order valence-corrected chi connectivity index (χ4v) is 5.29. The summed E-state index contributed by atoms with van der Waals surface area (Å²) in [6.45, 7) is 3.13. The van der Waals surface area contributed by atoms with Crippen LogP contribution in [0.1, 0.15) is 34.9 Å². The van der Waals surface area contributed by atoms with Crippen LogP contribution < -0.4 is 9.47 Å². The fourth-order valence-electron chi connectivity index (χ4n) is 4.41. The number of nitrogens with zero attached hydrogens (tertiary/aromatic N) is 1. The Bertz CT molecular complexity index is 806. The molecule has 2 aliphatic rings. The quantitative estimate of drug-likeness (QED) is 0.655. The second kappa shape index (κ2) is 10.1. The van der Waals surface area contributed by atoms with Crippen LogP contribution >= 0.6 is 11.3 Å². The number of rotatable bonds is 9. The monoisotopic (exact) mass is 433 g/mol. The molecule has 1 aromatic carbocycles. The van der Waals surface area contributed by atoms with Crippen molar-refractivity contribution in [1.82, 2.24) is 4.90 Å². The first-order chi connectivity index (χ1) is 14.7. The van der Waals surface area contributed by atoms with E-state index in [9.17, 15) is 5.11 Å². The molecule has 0 bridgehead atoms. The molecule has 30 heavy (non-hydrogen) atoms. The molecule has 2 aliphatic heterocycles. The number of aliphatic hydroxyl groups is 1. The molecule has 0 amide bonds. The Labute approximate surface area is 182 Å². The van der Waals surface area contributed by atoms with Gasteiger partial charge in [0.05, 0.1) is 45.7 Å². The molecule has 4 rings (SSSR count). The molecule has 2 aromatic rings. The summed E-state index contributed by atoms with van der Waals surface area (Å²) >= 11 is 1.74. The second-order valence-corrected chi connectivity index (χ2v) is 8.87. The van der Waals surface area contributed by atoms with Crippen LogP contribution in [-0.4, -0.2) is 69.3 Å². The van der Waals surface area contributed by atoms with Gasteiger partial charge in [0.25, 0.3) is 0 Å². The molecule has 0 radical (unpaired) electrons. The van der Waals surface area contributed by atoms with Crippen molar-refractivity contribution < 1.29 is 24.1 Å². The Morgan fingerprint density at radius 1 is 1.27 bits per heavy atom. The van der Waals surface area contributed by atoms with Crippen molar-refractivity contribution in [1.29, 1.82) is 0 Å². The first-order valence-electron chi connectivity index (χ1n) is 10.6. The predicted octanol–water partition coefficient (Wildman–Crippen LogP) is 3.27. The number of hydrogen-bond acceptors (Lipinski definition) is 7. The van der Waals surface area contributed by atoms with E-state index in [1.165, 1.54) is 16.0 Å². The Morgan fingerprint density at radius 3 is 2.80 bits per heavy atom. The molecule has 1 fully saturated rings. The number of hydrogen-bond donors (Lipinski definition) is 1. The lowest BCUT2D eigenvalue weighted by Crippen LogP contribution is -2.42. The highest BCUT2D eigenvalue weighted by molar-refractivity contribution is 7.10. The summed E-state index contributed by atoms with van der Waals surface area (Å²) in [7, 11) is 3.34. The third-order valence-electron chi connectivity index (χ3n) is 5.87. The molecule has 1 saturated heterocycles. The molecule has 6 nitrogen and oxygen atoms in total. The Morgan fingerprint density at radius 2 is 2.10 bits per heavy atom. The van der Waals surface area contributed by atoms with E-state index in [1.54, 1.807) is 25.6 Å². The van der Waals surface area contributed by atoms with Gasteiger partial charge in [-0.2, -0.15) is 0 Å². The van der Waals surface area contributed by atoms with Crippen LogP contribution in [0.2, 0.25) is 0 Å². The first kappa shape index (κ1) is 21.6. The summed E-state index contributed by atoms with van der Waals surface area (Å²) in [6.07, 6.45) is 2.68. The van der Waals surface area contributed by atoms with E-state index in [4.69, 9.17) is 18.9 Å². The molecule has 1 aromatic heterocycles. The van der Waals surface area contributed by atoms with E-state index in [2.05, 4.69) is 34.5 Å². The predicted molar refractivity (Wildman–Crippen MR) is 117 cm³/mol. The first-order valence-corrected chi connectivity index (χ1v) is 11.5. The van der Waals surface area contributed by atoms with Crippen molar-refractivity contribution in [3.05, 3.63) is 45.6 Å². The zero-order chi connectivity index (χ0) is 20.9. The largest absolute Gasteiger partial charge is 0.493 e. The SMILES string of the molecule is COc1cc2c(cc1OC)C(c1cccs1)N(CC(O)COCC1CCCO1)CC2. The Hall–Kier alpha value is -1.64. The van der Waals surface area contributed by atoms with Gasteiger partial charge in [-0.15, -0.1) is 11.3 Å². The number of aliphatic hydroxyl groups excluding tert-OH is 1. The fraction of sp³-hybridized carbons (Fsp3) is 0.565. The van der Waals surface area contributed by atoms with Crippen molar-refractivity contribution in [2.45, 2.75) is 37.5 Å². The lowest BCUT2D eigenvalue weighted by atomic mass is 9.90. The van der Waals surface area contributed by atoms with Crippen LogP contribution in [0.4, 0.5) is 0 Å². The number of ether oxygens (including phenoxy) is 4. The van der Waals surface area contributed by atoms with Gasteiger partial charge in [0, 0.05) is 24.6 Å². The molecule has 3 atom stereocenters. The van der Waals surface area contributed by atoms with E-state index in [0.717, 1.165) is 43.9 Å². The molecule has 164 valence electrons. The van der Waals surface area contributed by atoms with Crippen LogP contribution in [0.5, 0.6) is 11.5 Å². The summed E-state index contributed by atoms with van der Waals surface area (Å²) in [4.78, 5) is 3.61. The number of benzene rings is 1. The van der Waals surface area contributed by atoms with E-state index >= 15 is 0 Å². The second-order valence-electron chi connectivity index (χ2n) is 7.90. The van der Waals surface area contributed by atoms with Crippen molar-refractivity contribution in [3.63, 3.8) is 0 Å². The number of fused-ring (bicyclic) bond motifs is 1. The van der Waals surface area contributed by atoms with E-state index in [0.29, 0.717) is 19.8 Å². The van der Waals surface area contributed by atoms with Crippen LogP contribution in [-0.2, 0) is 15.9 Å². The van der Waals surface area contributed by atoms with Crippen LogP contribution in [0, 0.1) is 0 Å². The zero-order valence-corrected chi connectivity index (χ0v) is 18.5. The minimum Gasteiger partial charge on any atom is -0.493 e. The zero-order valence-electron chi connectivity index (χ0n) is 17.7. The van der Waals surface area contributed by atoms with Gasteiger partial charge in [-0.05, 0) is 54.0 Å². The summed E-state index contributed by atoms with van der Waals surface area (Å²) in [5.41, 5.74) is 2.49. The maximum Gasteiger partial charge on any atom is 0.161 e. The summed E-state index contributed by atoms with van der Waals surface area (Å²) in [5, 5.41) is 12.8. The van der Waals surface area contributed by atoms with Gasteiger partial charge in [0.1, 0.15) is 0 Å². The van der Waals surface area contributed by atoms with Gasteiger partial charge in [-0.3, -0.25) is 4.90 Å². The average molecular weight is 434 g/mol. The van der Waals surface area contributed by atoms with Gasteiger partial charge >= 0.3 is 0 Å². The smallest absolute Gasteiger partial charge is 0.161 e. The molecule has 0 saturated carbocycles. The highest BCUT2D eigenvalue weighted by atomic mass is 32.1. The summed E-state index contributed by atoms with van der Waals surface area (Å²) in [5.74, 6) is 1.50. The van der Waals surface area contributed by atoms with Gasteiger partial charge < -0.3 is 24.1 Å². The van der Waals surface area contributed by atoms with E-state index < -0.39 is 6.10 Å². The minimum absolute atomic E-state index is 0.0846. The van der Waals surface area contributed by atoms with Crippen LogP contribution in [0.3, 0.4) is 0 Å². The number of β-amino-alcohol motifs (C(OH)–C–C–N with tert-alkyl or cyclic N) is 1.